The molecule has 0 unspecified atom stereocenters. The number of pyridine rings is 1. The molecule has 0 spiro atoms. The Morgan fingerprint density at radius 3 is 2.88 bits per heavy atom. The SMILES string of the molecule is [C-]#[N+]c1c(C)ncc2c(/N=N/c3ccc(O)c(C(=O)O)c3)snc12. The fraction of sp³-hybridized carbons (Fsp3) is 0.0667. The van der Waals surface area contributed by atoms with Crippen LogP contribution < -0.4 is 0 Å². The molecule has 0 aliphatic carbocycles. The first-order chi connectivity index (χ1) is 11.5. The lowest BCUT2D eigenvalue weighted by Gasteiger charge is -1.99. The lowest BCUT2D eigenvalue weighted by atomic mass is 10.2. The largest absolute Gasteiger partial charge is 0.507 e. The van der Waals surface area contributed by atoms with Crippen molar-refractivity contribution in [1.29, 1.82) is 0 Å². The summed E-state index contributed by atoms with van der Waals surface area (Å²) in [7, 11) is 0. The summed E-state index contributed by atoms with van der Waals surface area (Å²) in [5.41, 5.74) is 1.51. The van der Waals surface area contributed by atoms with Gasteiger partial charge in [0, 0.05) is 17.3 Å². The van der Waals surface area contributed by atoms with Gasteiger partial charge in [-0.05, 0) is 36.7 Å². The second kappa shape index (κ2) is 6.02. The first-order valence-electron chi connectivity index (χ1n) is 6.61. The number of fused-ring (bicyclic) bond motifs is 1. The number of nitrogens with zero attached hydrogens (tertiary/aromatic N) is 5. The quantitative estimate of drug-likeness (QED) is 0.543. The van der Waals surface area contributed by atoms with Crippen LogP contribution in [0.1, 0.15) is 16.1 Å². The zero-order chi connectivity index (χ0) is 17.3. The average Bonchev–Trinajstić information content (AvgIpc) is 2.97. The van der Waals surface area contributed by atoms with Crippen LogP contribution in [0.4, 0.5) is 16.4 Å². The molecule has 0 bridgehead atoms. The van der Waals surface area contributed by atoms with Gasteiger partial charge in [0.25, 0.3) is 0 Å². The highest BCUT2D eigenvalue weighted by Gasteiger charge is 2.13. The van der Waals surface area contributed by atoms with E-state index in [4.69, 9.17) is 11.7 Å². The van der Waals surface area contributed by atoms with Gasteiger partial charge in [0.15, 0.2) is 5.00 Å². The Labute approximate surface area is 139 Å². The van der Waals surface area contributed by atoms with E-state index in [1.54, 1.807) is 13.1 Å². The van der Waals surface area contributed by atoms with Crippen LogP contribution in [0.2, 0.25) is 0 Å². The van der Waals surface area contributed by atoms with E-state index in [9.17, 15) is 9.90 Å². The van der Waals surface area contributed by atoms with Crippen molar-refractivity contribution in [3.63, 3.8) is 0 Å². The highest BCUT2D eigenvalue weighted by Crippen LogP contribution is 2.37. The maximum Gasteiger partial charge on any atom is 0.339 e. The van der Waals surface area contributed by atoms with Gasteiger partial charge in [-0.2, -0.15) is 0 Å². The molecule has 118 valence electrons. The van der Waals surface area contributed by atoms with Crippen LogP contribution in [-0.2, 0) is 0 Å². The molecule has 0 saturated heterocycles. The molecular weight excluding hydrogens is 330 g/mol. The van der Waals surface area contributed by atoms with Gasteiger partial charge in [0.05, 0.1) is 17.8 Å². The predicted molar refractivity (Wildman–Crippen MR) is 87.7 cm³/mol. The number of hydrogen-bond acceptors (Lipinski definition) is 7. The van der Waals surface area contributed by atoms with E-state index < -0.39 is 5.97 Å². The molecule has 0 atom stereocenters. The summed E-state index contributed by atoms with van der Waals surface area (Å²) in [6.07, 6.45) is 1.58. The molecule has 8 nitrogen and oxygen atoms in total. The summed E-state index contributed by atoms with van der Waals surface area (Å²) in [4.78, 5) is 18.6. The summed E-state index contributed by atoms with van der Waals surface area (Å²) >= 11 is 1.07. The zero-order valence-electron chi connectivity index (χ0n) is 12.3. The summed E-state index contributed by atoms with van der Waals surface area (Å²) in [5, 5.41) is 27.6. The molecule has 0 saturated carbocycles. The van der Waals surface area contributed by atoms with Crippen LogP contribution in [0.25, 0.3) is 15.7 Å². The van der Waals surface area contributed by atoms with Crippen molar-refractivity contribution in [3.05, 3.63) is 47.1 Å². The number of aryl methyl sites for hydroxylation is 1. The number of carboxylic acid groups (broad SMARTS) is 1. The molecule has 24 heavy (non-hydrogen) atoms. The summed E-state index contributed by atoms with van der Waals surface area (Å²) < 4.78 is 4.22. The summed E-state index contributed by atoms with van der Waals surface area (Å²) in [6.45, 7) is 8.95. The number of benzene rings is 1. The molecule has 0 fully saturated rings. The third-order valence-corrected chi connectivity index (χ3v) is 3.99. The Balaban J connectivity index is 2.02. The van der Waals surface area contributed by atoms with Crippen molar-refractivity contribution in [1.82, 2.24) is 9.36 Å². The van der Waals surface area contributed by atoms with Gasteiger partial charge in [-0.3, -0.25) is 4.98 Å². The van der Waals surface area contributed by atoms with Gasteiger partial charge in [-0.25, -0.2) is 14.0 Å². The van der Waals surface area contributed by atoms with Gasteiger partial charge >= 0.3 is 5.97 Å². The third-order valence-electron chi connectivity index (χ3n) is 3.24. The maximum atomic E-state index is 11.0. The number of hydrogen-bond donors (Lipinski definition) is 2. The number of aromatic nitrogens is 2. The Morgan fingerprint density at radius 1 is 1.38 bits per heavy atom. The number of phenols is 1. The zero-order valence-corrected chi connectivity index (χ0v) is 13.1. The molecule has 0 radical (unpaired) electrons. The van der Waals surface area contributed by atoms with Crippen molar-refractivity contribution in [2.45, 2.75) is 6.92 Å². The Morgan fingerprint density at radius 2 is 2.17 bits per heavy atom. The van der Waals surface area contributed by atoms with Crippen molar-refractivity contribution in [2.75, 3.05) is 0 Å². The molecular formula is C15H9N5O3S. The van der Waals surface area contributed by atoms with Crippen LogP contribution in [0, 0.1) is 13.5 Å². The van der Waals surface area contributed by atoms with Crippen molar-refractivity contribution < 1.29 is 15.0 Å². The Bertz CT molecular complexity index is 1040. The molecule has 2 aromatic heterocycles. The second-order valence-corrected chi connectivity index (χ2v) is 5.51. The van der Waals surface area contributed by atoms with E-state index in [2.05, 4.69) is 24.4 Å². The normalized spacial score (nSPS) is 11.0. The Kier molecular flexibility index (Phi) is 3.89. The second-order valence-electron chi connectivity index (χ2n) is 4.76. The summed E-state index contributed by atoms with van der Waals surface area (Å²) in [6, 6.07) is 3.91. The molecule has 0 aliphatic rings. The minimum Gasteiger partial charge on any atom is -0.507 e. The Hall–Kier alpha value is -3.38. The molecule has 3 rings (SSSR count). The number of carboxylic acids is 1. The fourth-order valence-corrected chi connectivity index (χ4v) is 2.72. The van der Waals surface area contributed by atoms with Crippen molar-refractivity contribution in [2.24, 2.45) is 10.2 Å². The van der Waals surface area contributed by atoms with E-state index >= 15 is 0 Å². The van der Waals surface area contributed by atoms with Gasteiger partial charge < -0.3 is 10.2 Å². The van der Waals surface area contributed by atoms with Gasteiger partial charge in [-0.15, -0.1) is 10.2 Å². The lowest BCUT2D eigenvalue weighted by molar-refractivity contribution is 0.0694. The first kappa shape index (κ1) is 15.5. The first-order valence-corrected chi connectivity index (χ1v) is 7.39. The minimum atomic E-state index is -1.26. The molecule has 3 aromatic rings. The predicted octanol–water partition coefficient (Wildman–Crippen LogP) is 4.37. The standard InChI is InChI=1S/C15H9N5O3S/c1-7-12(16-2)13-10(6-17-7)14(24-20-13)19-18-8-3-4-11(21)9(5-8)15(22)23/h3-6,21H,1H3,(H,22,23)/b19-18+. The van der Waals surface area contributed by atoms with Crippen molar-refractivity contribution >= 4 is 44.8 Å². The fourth-order valence-electron chi connectivity index (χ4n) is 2.04. The van der Waals surface area contributed by atoms with E-state index in [-0.39, 0.29) is 17.0 Å². The number of aromatic hydroxyl groups is 1. The number of rotatable bonds is 3. The molecule has 1 aromatic carbocycles. The smallest absolute Gasteiger partial charge is 0.339 e. The van der Waals surface area contributed by atoms with Crippen LogP contribution in [-0.4, -0.2) is 25.5 Å². The molecule has 0 aliphatic heterocycles. The van der Waals surface area contributed by atoms with E-state index in [0.29, 0.717) is 27.3 Å². The third kappa shape index (κ3) is 2.66. The molecule has 2 heterocycles. The van der Waals surface area contributed by atoms with E-state index in [0.717, 1.165) is 11.5 Å². The van der Waals surface area contributed by atoms with E-state index in [1.807, 2.05) is 0 Å². The number of carbonyl (C=O) groups is 1. The minimum absolute atomic E-state index is 0.256. The highest BCUT2D eigenvalue weighted by molar-refractivity contribution is 7.11. The van der Waals surface area contributed by atoms with Crippen LogP contribution in [0.3, 0.4) is 0 Å². The van der Waals surface area contributed by atoms with Crippen LogP contribution >= 0.6 is 11.5 Å². The molecule has 9 heteroatoms. The van der Waals surface area contributed by atoms with E-state index in [1.165, 1.54) is 18.2 Å². The van der Waals surface area contributed by atoms with Gasteiger partial charge in [0.1, 0.15) is 11.3 Å². The van der Waals surface area contributed by atoms with Crippen LogP contribution in [0.5, 0.6) is 5.75 Å². The van der Waals surface area contributed by atoms with Gasteiger partial charge in [0.2, 0.25) is 5.69 Å². The van der Waals surface area contributed by atoms with Crippen LogP contribution in [0.15, 0.2) is 34.6 Å². The highest BCUT2D eigenvalue weighted by atomic mass is 32.1. The average molecular weight is 339 g/mol. The topological polar surface area (TPSA) is 112 Å². The molecule has 0 amide bonds. The molecule has 2 N–H and O–H groups in total. The van der Waals surface area contributed by atoms with Gasteiger partial charge in [-0.1, -0.05) is 0 Å². The summed E-state index contributed by atoms with van der Waals surface area (Å²) in [5.74, 6) is -1.60. The monoisotopic (exact) mass is 339 g/mol. The van der Waals surface area contributed by atoms with Crippen molar-refractivity contribution in [3.8, 4) is 5.75 Å². The lowest BCUT2D eigenvalue weighted by Crippen LogP contribution is -1.95. The maximum absolute atomic E-state index is 11.0. The number of azo groups is 1. The number of aromatic carboxylic acids is 1.